The summed E-state index contributed by atoms with van der Waals surface area (Å²) in [5, 5.41) is 50.9. The van der Waals surface area contributed by atoms with Crippen molar-refractivity contribution < 1.29 is 4.79 Å². The molecular weight excluding hydrogens is 472 g/mol. The SMILES string of the molecule is N#CC(C#N)=C1c2nnc3c(c2-c2cc(C#N)c4ccccc4c21)C(=O)c1c-3cc(C#N)c2ccccc12. The Morgan fingerprint density at radius 1 is 0.605 bits per heavy atom. The summed E-state index contributed by atoms with van der Waals surface area (Å²) in [6.45, 7) is 0. The van der Waals surface area contributed by atoms with E-state index in [1.165, 1.54) is 0 Å². The highest BCUT2D eigenvalue weighted by molar-refractivity contribution is 6.31. The van der Waals surface area contributed by atoms with Crippen LogP contribution in [0.15, 0.2) is 66.2 Å². The van der Waals surface area contributed by atoms with Gasteiger partial charge in [0, 0.05) is 38.6 Å². The van der Waals surface area contributed by atoms with Crippen LogP contribution in [0.5, 0.6) is 0 Å². The number of hydrogen-bond acceptors (Lipinski definition) is 7. The molecule has 2 aliphatic carbocycles. The number of hydrogen-bond donors (Lipinski definition) is 0. The summed E-state index contributed by atoms with van der Waals surface area (Å²) in [4.78, 5) is 14.1. The van der Waals surface area contributed by atoms with E-state index in [0.29, 0.717) is 71.8 Å². The molecule has 1 heterocycles. The molecule has 7 rings (SSSR count). The summed E-state index contributed by atoms with van der Waals surface area (Å²) >= 11 is 0. The van der Waals surface area contributed by atoms with Crippen LogP contribution < -0.4 is 0 Å². The van der Waals surface area contributed by atoms with Crippen molar-refractivity contribution in [3.8, 4) is 46.7 Å². The quantitative estimate of drug-likeness (QED) is 0.258. The third-order valence-corrected chi connectivity index (χ3v) is 7.24. The van der Waals surface area contributed by atoms with Crippen molar-refractivity contribution in [3.05, 3.63) is 99.7 Å². The number of ketones is 1. The Hall–Kier alpha value is -6.15. The van der Waals surface area contributed by atoms with E-state index in [9.17, 15) is 25.8 Å². The predicted molar refractivity (Wildman–Crippen MR) is 138 cm³/mol. The molecule has 4 aromatic carbocycles. The van der Waals surface area contributed by atoms with Gasteiger partial charge in [0.15, 0.2) is 5.78 Å². The molecule has 0 aliphatic heterocycles. The molecule has 170 valence electrons. The van der Waals surface area contributed by atoms with E-state index in [4.69, 9.17) is 0 Å². The molecule has 0 saturated carbocycles. The van der Waals surface area contributed by atoms with Gasteiger partial charge < -0.3 is 0 Å². The van der Waals surface area contributed by atoms with E-state index in [2.05, 4.69) is 22.3 Å². The predicted octanol–water partition coefficient (Wildman–Crippen LogP) is 5.57. The summed E-state index contributed by atoms with van der Waals surface area (Å²) in [7, 11) is 0. The van der Waals surface area contributed by atoms with Crippen molar-refractivity contribution in [1.29, 1.82) is 21.0 Å². The number of rotatable bonds is 0. The zero-order valence-electron chi connectivity index (χ0n) is 19.4. The first-order chi connectivity index (χ1) is 18.6. The van der Waals surface area contributed by atoms with Crippen LogP contribution in [0, 0.1) is 45.3 Å². The van der Waals surface area contributed by atoms with Crippen LogP contribution in [-0.2, 0) is 0 Å². The molecule has 5 aromatic rings. The average Bonchev–Trinajstić information content (AvgIpc) is 3.45. The minimum Gasteiger partial charge on any atom is -0.288 e. The van der Waals surface area contributed by atoms with E-state index >= 15 is 0 Å². The summed E-state index contributed by atoms with van der Waals surface area (Å²) in [5.74, 6) is -0.281. The van der Waals surface area contributed by atoms with Gasteiger partial charge in [-0.25, -0.2) is 0 Å². The maximum absolute atomic E-state index is 14.1. The van der Waals surface area contributed by atoms with Crippen molar-refractivity contribution >= 4 is 32.9 Å². The minimum atomic E-state index is -0.281. The molecule has 2 aliphatic rings. The van der Waals surface area contributed by atoms with Crippen molar-refractivity contribution in [2.24, 2.45) is 0 Å². The van der Waals surface area contributed by atoms with Crippen molar-refractivity contribution in [1.82, 2.24) is 10.2 Å². The second-order valence-electron chi connectivity index (χ2n) is 8.96. The number of nitriles is 4. The maximum Gasteiger partial charge on any atom is 0.197 e. The molecule has 0 N–H and O–H groups in total. The number of carbonyl (C=O) groups excluding carboxylic acids is 1. The smallest absolute Gasteiger partial charge is 0.197 e. The first kappa shape index (κ1) is 21.2. The number of aromatic nitrogens is 2. The van der Waals surface area contributed by atoms with Crippen LogP contribution >= 0.6 is 0 Å². The van der Waals surface area contributed by atoms with Gasteiger partial charge >= 0.3 is 0 Å². The highest BCUT2D eigenvalue weighted by atomic mass is 16.1. The lowest BCUT2D eigenvalue weighted by Crippen LogP contribution is -2.03. The Morgan fingerprint density at radius 2 is 1.13 bits per heavy atom. The van der Waals surface area contributed by atoms with E-state index in [-0.39, 0.29) is 22.6 Å². The normalized spacial score (nSPS) is 12.1. The molecule has 0 amide bonds. The van der Waals surface area contributed by atoms with Crippen molar-refractivity contribution in [2.45, 2.75) is 0 Å². The summed E-state index contributed by atoms with van der Waals surface area (Å²) in [6, 6.07) is 26.2. The van der Waals surface area contributed by atoms with Crippen LogP contribution in [0.2, 0.25) is 0 Å². The fraction of sp³-hybridized carbons (Fsp3) is 0. The molecule has 7 nitrogen and oxygen atoms in total. The van der Waals surface area contributed by atoms with E-state index in [0.717, 1.165) is 0 Å². The molecule has 7 heteroatoms. The van der Waals surface area contributed by atoms with E-state index in [1.54, 1.807) is 30.3 Å². The van der Waals surface area contributed by atoms with Gasteiger partial charge in [-0.05, 0) is 28.5 Å². The van der Waals surface area contributed by atoms with Gasteiger partial charge in [0.1, 0.15) is 29.1 Å². The summed E-state index contributed by atoms with van der Waals surface area (Å²) in [5.41, 5.74) is 4.32. The zero-order valence-corrected chi connectivity index (χ0v) is 19.4. The lowest BCUT2D eigenvalue weighted by molar-refractivity contribution is 0.104. The van der Waals surface area contributed by atoms with E-state index < -0.39 is 0 Å². The molecule has 1 aromatic heterocycles. The van der Waals surface area contributed by atoms with Gasteiger partial charge in [0.25, 0.3) is 0 Å². The average molecular weight is 482 g/mol. The number of carbonyl (C=O) groups is 1. The number of allylic oxidation sites excluding steroid dienone is 1. The number of fused-ring (bicyclic) bond motifs is 11. The lowest BCUT2D eigenvalue weighted by atomic mass is 9.91. The molecule has 0 radical (unpaired) electrons. The fourth-order valence-electron chi connectivity index (χ4n) is 5.74. The van der Waals surface area contributed by atoms with Gasteiger partial charge in [0.2, 0.25) is 0 Å². The topological polar surface area (TPSA) is 138 Å². The second-order valence-corrected chi connectivity index (χ2v) is 8.96. The third kappa shape index (κ3) is 2.44. The number of nitrogens with zero attached hydrogens (tertiary/aromatic N) is 6. The number of benzene rings is 4. The Kier molecular flexibility index (Phi) is 4.13. The van der Waals surface area contributed by atoms with Gasteiger partial charge in [-0.15, -0.1) is 10.2 Å². The molecule has 0 bridgehead atoms. The van der Waals surface area contributed by atoms with Crippen LogP contribution in [-0.4, -0.2) is 16.0 Å². The van der Waals surface area contributed by atoms with Gasteiger partial charge in [-0.2, -0.15) is 21.0 Å². The lowest BCUT2D eigenvalue weighted by Gasteiger charge is -2.09. The van der Waals surface area contributed by atoms with Crippen molar-refractivity contribution in [3.63, 3.8) is 0 Å². The summed E-state index contributed by atoms with van der Waals surface area (Å²) in [6.07, 6.45) is 0. The monoisotopic (exact) mass is 482 g/mol. The minimum absolute atomic E-state index is 0.158. The van der Waals surface area contributed by atoms with Crippen LogP contribution in [0.1, 0.15) is 38.3 Å². The molecular formula is C31H10N6O. The Labute approximate surface area is 215 Å². The van der Waals surface area contributed by atoms with E-state index in [1.807, 2.05) is 42.5 Å². The largest absolute Gasteiger partial charge is 0.288 e. The standard InChI is InChI=1S/C31H10N6O/c32-11-15-9-22-25(20-7-3-1-5-18(15)20)24(17(13-34)14-35)30-27(22)28-29(36-37-30)23-10-16(12-33)19-6-2-4-8-21(19)26(23)31(28)38/h1-10H. The first-order valence-corrected chi connectivity index (χ1v) is 11.6. The van der Waals surface area contributed by atoms with Crippen LogP contribution in [0.4, 0.5) is 0 Å². The van der Waals surface area contributed by atoms with Gasteiger partial charge in [-0.3, -0.25) is 4.79 Å². The maximum atomic E-state index is 14.1. The fourth-order valence-corrected chi connectivity index (χ4v) is 5.74. The molecule has 0 saturated heterocycles. The highest BCUT2D eigenvalue weighted by Crippen LogP contribution is 2.53. The van der Waals surface area contributed by atoms with Crippen molar-refractivity contribution in [2.75, 3.05) is 0 Å². The van der Waals surface area contributed by atoms with Crippen LogP contribution in [0.25, 0.3) is 49.5 Å². The molecule has 0 fully saturated rings. The Balaban J connectivity index is 1.67. The Morgan fingerprint density at radius 3 is 1.71 bits per heavy atom. The highest BCUT2D eigenvalue weighted by Gasteiger charge is 2.41. The van der Waals surface area contributed by atoms with Crippen LogP contribution in [0.3, 0.4) is 0 Å². The first-order valence-electron chi connectivity index (χ1n) is 11.6. The third-order valence-electron chi connectivity index (χ3n) is 7.24. The molecule has 38 heavy (non-hydrogen) atoms. The molecule has 0 spiro atoms. The van der Waals surface area contributed by atoms with Gasteiger partial charge in [-0.1, -0.05) is 48.5 Å². The summed E-state index contributed by atoms with van der Waals surface area (Å²) < 4.78 is 0. The molecule has 0 atom stereocenters. The zero-order chi connectivity index (χ0) is 26.1. The second kappa shape index (κ2) is 7.42. The Bertz CT molecular complexity index is 2180. The molecule has 0 unspecified atom stereocenters. The van der Waals surface area contributed by atoms with Gasteiger partial charge in [0.05, 0.1) is 28.8 Å².